The van der Waals surface area contributed by atoms with Gasteiger partial charge in [0.2, 0.25) is 5.95 Å². The van der Waals surface area contributed by atoms with Crippen LogP contribution in [0.2, 0.25) is 0 Å². The molecule has 0 saturated heterocycles. The highest BCUT2D eigenvalue weighted by atomic mass is 19.1. The van der Waals surface area contributed by atoms with E-state index in [-0.39, 0.29) is 5.82 Å². The highest BCUT2D eigenvalue weighted by molar-refractivity contribution is 5.31. The molecule has 19 heavy (non-hydrogen) atoms. The Hall–Kier alpha value is -2.48. The molecule has 2 aromatic rings. The van der Waals surface area contributed by atoms with Crippen molar-refractivity contribution in [3.8, 4) is 6.07 Å². The first kappa shape index (κ1) is 13.0. The lowest BCUT2D eigenvalue weighted by atomic mass is 10.1. The highest BCUT2D eigenvalue weighted by Gasteiger charge is 2.01. The van der Waals surface area contributed by atoms with E-state index in [0.717, 1.165) is 17.5 Å². The monoisotopic (exact) mass is 256 g/mol. The predicted molar refractivity (Wildman–Crippen MR) is 70.1 cm³/mol. The molecule has 96 valence electrons. The zero-order valence-electron chi connectivity index (χ0n) is 10.5. The van der Waals surface area contributed by atoms with Crippen molar-refractivity contribution in [3.63, 3.8) is 0 Å². The molecule has 0 radical (unpaired) electrons. The van der Waals surface area contributed by atoms with E-state index in [0.29, 0.717) is 18.2 Å². The van der Waals surface area contributed by atoms with Crippen LogP contribution < -0.4 is 5.32 Å². The molecule has 0 bridgehead atoms. The van der Waals surface area contributed by atoms with Crippen molar-refractivity contribution < 1.29 is 4.39 Å². The van der Waals surface area contributed by atoms with Gasteiger partial charge in [0, 0.05) is 12.7 Å². The van der Waals surface area contributed by atoms with Gasteiger partial charge in [0.25, 0.3) is 0 Å². The second-order valence-electron chi connectivity index (χ2n) is 4.12. The maximum Gasteiger partial charge on any atom is 0.223 e. The summed E-state index contributed by atoms with van der Waals surface area (Å²) < 4.78 is 13.0. The quantitative estimate of drug-likeness (QED) is 0.912. The molecule has 1 aromatic heterocycles. The number of nitrogens with one attached hydrogen (secondary N) is 1. The first-order valence-electron chi connectivity index (χ1n) is 5.91. The number of hydrogen-bond donors (Lipinski definition) is 1. The van der Waals surface area contributed by atoms with Gasteiger partial charge >= 0.3 is 0 Å². The maximum absolute atomic E-state index is 13.0. The lowest BCUT2D eigenvalue weighted by molar-refractivity contribution is 0.625. The summed E-state index contributed by atoms with van der Waals surface area (Å²) >= 11 is 0. The molecular weight excluding hydrogens is 243 g/mol. The number of aryl methyl sites for hydroxylation is 1. The van der Waals surface area contributed by atoms with Gasteiger partial charge < -0.3 is 5.32 Å². The van der Waals surface area contributed by atoms with Crippen molar-refractivity contribution in [1.29, 1.82) is 5.26 Å². The van der Waals surface area contributed by atoms with Crippen LogP contribution in [0, 0.1) is 24.1 Å². The minimum absolute atomic E-state index is 0.223. The van der Waals surface area contributed by atoms with Crippen LogP contribution in [0.4, 0.5) is 10.3 Å². The second kappa shape index (κ2) is 5.91. The number of aromatic nitrogens is 2. The maximum atomic E-state index is 13.0. The third-order valence-corrected chi connectivity index (χ3v) is 2.75. The van der Waals surface area contributed by atoms with Crippen LogP contribution in [0.15, 0.2) is 30.5 Å². The highest BCUT2D eigenvalue weighted by Crippen LogP contribution is 2.11. The van der Waals surface area contributed by atoms with E-state index in [2.05, 4.69) is 15.3 Å². The Morgan fingerprint density at radius 2 is 2.21 bits per heavy atom. The van der Waals surface area contributed by atoms with Gasteiger partial charge in [0.05, 0.1) is 0 Å². The summed E-state index contributed by atoms with van der Waals surface area (Å²) in [7, 11) is 0. The van der Waals surface area contributed by atoms with Gasteiger partial charge in [-0.3, -0.25) is 0 Å². The molecule has 1 heterocycles. The van der Waals surface area contributed by atoms with E-state index < -0.39 is 0 Å². The zero-order valence-corrected chi connectivity index (χ0v) is 10.5. The van der Waals surface area contributed by atoms with Crippen LogP contribution in [0.3, 0.4) is 0 Å². The third kappa shape index (κ3) is 3.49. The number of anilines is 1. The number of halogens is 1. The first-order valence-corrected chi connectivity index (χ1v) is 5.91. The lowest BCUT2D eigenvalue weighted by Crippen LogP contribution is -2.09. The summed E-state index contributed by atoms with van der Waals surface area (Å²) in [6, 6.07) is 8.26. The van der Waals surface area contributed by atoms with Crippen molar-refractivity contribution in [1.82, 2.24) is 9.97 Å². The fourth-order valence-electron chi connectivity index (χ4n) is 1.75. The Bertz CT molecular complexity index is 619. The average molecular weight is 256 g/mol. The van der Waals surface area contributed by atoms with Gasteiger partial charge in [-0.05, 0) is 42.7 Å². The predicted octanol–water partition coefficient (Wildman–Crippen LogP) is 2.45. The smallest absolute Gasteiger partial charge is 0.223 e. The minimum atomic E-state index is -0.223. The van der Waals surface area contributed by atoms with E-state index in [4.69, 9.17) is 5.26 Å². The molecule has 0 aliphatic rings. The molecule has 0 unspecified atom stereocenters. The molecule has 0 spiro atoms. The van der Waals surface area contributed by atoms with E-state index in [1.807, 2.05) is 13.0 Å². The fourth-order valence-corrected chi connectivity index (χ4v) is 1.75. The van der Waals surface area contributed by atoms with Gasteiger partial charge in [0.15, 0.2) is 0 Å². The largest absolute Gasteiger partial charge is 0.354 e. The fraction of sp³-hybridized carbons (Fsp3) is 0.214. The topological polar surface area (TPSA) is 61.6 Å². The van der Waals surface area contributed by atoms with Crippen LogP contribution >= 0.6 is 0 Å². The van der Waals surface area contributed by atoms with Crippen molar-refractivity contribution in [2.45, 2.75) is 13.3 Å². The Morgan fingerprint density at radius 3 is 2.95 bits per heavy atom. The SMILES string of the molecule is Cc1cc(F)ccc1CCNc1nccc(C#N)n1. The summed E-state index contributed by atoms with van der Waals surface area (Å²) in [4.78, 5) is 8.04. The van der Waals surface area contributed by atoms with Crippen molar-refractivity contribution in [2.24, 2.45) is 0 Å². The molecule has 5 heteroatoms. The normalized spacial score (nSPS) is 9.95. The number of nitrogens with zero attached hydrogens (tertiary/aromatic N) is 3. The van der Waals surface area contributed by atoms with Gasteiger partial charge in [-0.2, -0.15) is 5.26 Å². The molecule has 1 N–H and O–H groups in total. The number of rotatable bonds is 4. The Balaban J connectivity index is 1.94. The number of benzene rings is 1. The van der Waals surface area contributed by atoms with Crippen molar-refractivity contribution >= 4 is 5.95 Å². The van der Waals surface area contributed by atoms with E-state index in [1.165, 1.54) is 18.3 Å². The Morgan fingerprint density at radius 1 is 1.37 bits per heavy atom. The van der Waals surface area contributed by atoms with Gasteiger partial charge in [-0.15, -0.1) is 0 Å². The van der Waals surface area contributed by atoms with Crippen LogP contribution in [-0.4, -0.2) is 16.5 Å². The van der Waals surface area contributed by atoms with E-state index >= 15 is 0 Å². The Labute approximate surface area is 110 Å². The standard InChI is InChI=1S/C14H13FN4/c1-10-8-12(15)3-2-11(10)4-6-17-14-18-7-5-13(9-16)19-14/h2-3,5,7-8H,4,6H2,1H3,(H,17,18,19). The van der Waals surface area contributed by atoms with Gasteiger partial charge in [-0.25, -0.2) is 14.4 Å². The summed E-state index contributed by atoms with van der Waals surface area (Å²) in [6.45, 7) is 2.51. The summed E-state index contributed by atoms with van der Waals surface area (Å²) in [5.41, 5.74) is 2.33. The first-order chi connectivity index (χ1) is 9.19. The van der Waals surface area contributed by atoms with Crippen molar-refractivity contribution in [3.05, 3.63) is 53.1 Å². The summed E-state index contributed by atoms with van der Waals surface area (Å²) in [5, 5.41) is 11.8. The Kier molecular flexibility index (Phi) is 4.04. The number of nitriles is 1. The lowest BCUT2D eigenvalue weighted by Gasteiger charge is -2.07. The molecule has 0 fully saturated rings. The minimum Gasteiger partial charge on any atom is -0.354 e. The van der Waals surface area contributed by atoms with E-state index in [9.17, 15) is 4.39 Å². The molecular formula is C14H13FN4. The van der Waals surface area contributed by atoms with Crippen LogP contribution in [0.25, 0.3) is 0 Å². The molecule has 0 atom stereocenters. The van der Waals surface area contributed by atoms with Crippen molar-refractivity contribution in [2.75, 3.05) is 11.9 Å². The number of hydrogen-bond acceptors (Lipinski definition) is 4. The summed E-state index contributed by atoms with van der Waals surface area (Å²) in [6.07, 6.45) is 2.28. The molecule has 1 aromatic carbocycles. The summed E-state index contributed by atoms with van der Waals surface area (Å²) in [5.74, 6) is 0.207. The van der Waals surface area contributed by atoms with Gasteiger partial charge in [0.1, 0.15) is 17.6 Å². The molecule has 4 nitrogen and oxygen atoms in total. The van der Waals surface area contributed by atoms with Gasteiger partial charge in [-0.1, -0.05) is 6.07 Å². The van der Waals surface area contributed by atoms with Crippen LogP contribution in [0.1, 0.15) is 16.8 Å². The molecule has 0 aliphatic carbocycles. The molecule has 0 aliphatic heterocycles. The molecule has 0 amide bonds. The average Bonchev–Trinajstić information content (AvgIpc) is 2.41. The van der Waals surface area contributed by atoms with Crippen LogP contribution in [0.5, 0.6) is 0 Å². The zero-order chi connectivity index (χ0) is 13.7. The molecule has 2 rings (SSSR count). The molecule has 0 saturated carbocycles. The third-order valence-electron chi connectivity index (χ3n) is 2.75. The second-order valence-corrected chi connectivity index (χ2v) is 4.12. The van der Waals surface area contributed by atoms with Crippen LogP contribution in [-0.2, 0) is 6.42 Å². The van der Waals surface area contributed by atoms with E-state index in [1.54, 1.807) is 12.1 Å².